The molecule has 0 amide bonds. The summed E-state index contributed by atoms with van der Waals surface area (Å²) < 4.78 is 0. The van der Waals surface area contributed by atoms with Crippen molar-refractivity contribution in [2.45, 2.75) is 4.90 Å². The van der Waals surface area contributed by atoms with Gasteiger partial charge in [0, 0.05) is 17.0 Å². The summed E-state index contributed by atoms with van der Waals surface area (Å²) in [5.74, 6) is 0. The number of benzene rings is 1. The van der Waals surface area contributed by atoms with Crippen molar-refractivity contribution in [1.29, 1.82) is 0 Å². The first-order chi connectivity index (χ1) is 4.70. The summed E-state index contributed by atoms with van der Waals surface area (Å²) in [5, 5.41) is 10.1. The zero-order valence-electron chi connectivity index (χ0n) is 6.02. The average Bonchev–Trinajstić information content (AvgIpc) is 1.88. The van der Waals surface area contributed by atoms with E-state index < -0.39 is 4.92 Å². The van der Waals surface area contributed by atoms with Gasteiger partial charge in [0.2, 0.25) is 0 Å². The first-order valence-corrected chi connectivity index (χ1v) is 3.08. The number of nitro groups is 1. The predicted molar refractivity (Wildman–Crippen MR) is 40.3 cm³/mol. The topological polar surface area (TPSA) is 43.1 Å². The van der Waals surface area contributed by atoms with Crippen LogP contribution in [0.25, 0.3) is 0 Å². The van der Waals surface area contributed by atoms with Crippen molar-refractivity contribution in [3.8, 4) is 0 Å². The Morgan fingerprint density at radius 3 is 2.09 bits per heavy atom. The minimum absolute atomic E-state index is 0. The second kappa shape index (κ2) is 5.29. The van der Waals surface area contributed by atoms with E-state index in [-0.39, 0.29) is 57.1 Å². The van der Waals surface area contributed by atoms with Crippen LogP contribution in [-0.2, 0) is 0 Å². The molecule has 0 saturated carbocycles. The molecule has 0 aromatic heterocycles. The molecule has 0 heterocycles. The maximum atomic E-state index is 10.1. The molecule has 0 aliphatic carbocycles. The third-order valence-corrected chi connectivity index (χ3v) is 1.36. The third-order valence-electron chi connectivity index (χ3n) is 1.06. The van der Waals surface area contributed by atoms with Gasteiger partial charge in [-0.25, -0.2) is 0 Å². The van der Waals surface area contributed by atoms with Crippen molar-refractivity contribution < 1.29 is 56.3 Å². The Labute approximate surface area is 112 Å². The van der Waals surface area contributed by atoms with Crippen molar-refractivity contribution in [3.63, 3.8) is 0 Å². The van der Waals surface area contributed by atoms with Crippen LogP contribution >= 0.6 is 12.6 Å². The van der Waals surface area contributed by atoms with Crippen molar-refractivity contribution in [2.75, 3.05) is 0 Å². The molecule has 0 atom stereocenters. The molecule has 0 aliphatic rings. The maximum absolute atomic E-state index is 10.1. The molecule has 1 aromatic rings. The van der Waals surface area contributed by atoms with Crippen LogP contribution in [0, 0.1) is 10.1 Å². The molecule has 0 aliphatic heterocycles. The average molecular weight is 194 g/mol. The molecule has 0 N–H and O–H groups in total. The number of nitrogens with zero attached hydrogens (tertiary/aromatic N) is 1. The fourth-order valence-corrected chi connectivity index (χ4v) is 0.723. The number of rotatable bonds is 1. The van der Waals surface area contributed by atoms with Gasteiger partial charge in [0.05, 0.1) is 4.92 Å². The van der Waals surface area contributed by atoms with E-state index in [0.717, 1.165) is 4.90 Å². The number of thiol groups is 1. The van der Waals surface area contributed by atoms with Gasteiger partial charge in [-0.1, -0.05) is 0 Å². The summed E-state index contributed by atoms with van der Waals surface area (Å²) in [7, 11) is 0. The molecule has 0 bridgehead atoms. The van der Waals surface area contributed by atoms with Crippen molar-refractivity contribution in [3.05, 3.63) is 34.4 Å². The van der Waals surface area contributed by atoms with Gasteiger partial charge in [0.15, 0.2) is 0 Å². The van der Waals surface area contributed by atoms with E-state index in [9.17, 15) is 10.1 Å². The van der Waals surface area contributed by atoms with Gasteiger partial charge in [0.25, 0.3) is 5.69 Å². The number of nitro benzene ring substituents is 1. The fourth-order valence-electron chi connectivity index (χ4n) is 0.574. The first kappa shape index (κ1) is 11.6. The summed E-state index contributed by atoms with van der Waals surface area (Å²) in [6.07, 6.45) is 0. The molecular weight excluding hydrogens is 189 g/mol. The summed E-state index contributed by atoms with van der Waals surface area (Å²) in [4.78, 5) is 10.4. The number of hydrogen-bond acceptors (Lipinski definition) is 3. The summed E-state index contributed by atoms with van der Waals surface area (Å²) in [6.45, 7) is 0. The van der Waals surface area contributed by atoms with Crippen LogP contribution in [0.4, 0.5) is 5.69 Å². The fraction of sp³-hybridized carbons (Fsp3) is 0. The van der Waals surface area contributed by atoms with Crippen LogP contribution < -0.4 is 51.4 Å². The molecule has 1 rings (SSSR count). The Hall–Kier alpha value is 0.606. The maximum Gasteiger partial charge on any atom is 1.00 e. The smallest absolute Gasteiger partial charge is 0.258 e. The molecule has 0 fully saturated rings. The van der Waals surface area contributed by atoms with E-state index in [1.54, 1.807) is 12.1 Å². The molecule has 3 nitrogen and oxygen atoms in total. The Kier molecular flexibility index (Phi) is 5.58. The van der Waals surface area contributed by atoms with Gasteiger partial charge >= 0.3 is 51.4 Å². The van der Waals surface area contributed by atoms with Crippen LogP contribution in [0.2, 0.25) is 0 Å². The van der Waals surface area contributed by atoms with Gasteiger partial charge in [-0.15, -0.1) is 12.6 Å². The van der Waals surface area contributed by atoms with Gasteiger partial charge in [-0.2, -0.15) is 0 Å². The van der Waals surface area contributed by atoms with Gasteiger partial charge in [0.1, 0.15) is 0 Å². The number of hydrogen-bond donors (Lipinski definition) is 1. The molecule has 0 saturated heterocycles. The van der Waals surface area contributed by atoms with Crippen LogP contribution in [0.5, 0.6) is 0 Å². The monoisotopic (exact) mass is 194 g/mol. The molecule has 5 heteroatoms. The minimum Gasteiger partial charge on any atom is -0.258 e. The summed E-state index contributed by atoms with van der Waals surface area (Å²) >= 11 is 3.98. The second-order valence-electron chi connectivity index (χ2n) is 1.77. The second-order valence-corrected chi connectivity index (χ2v) is 2.29. The van der Waals surface area contributed by atoms with Crippen molar-refractivity contribution in [1.82, 2.24) is 0 Å². The van der Waals surface area contributed by atoms with E-state index in [4.69, 9.17) is 0 Å². The zero-order chi connectivity index (χ0) is 7.56. The van der Waals surface area contributed by atoms with Crippen molar-refractivity contribution >= 4 is 18.3 Å². The van der Waals surface area contributed by atoms with Crippen LogP contribution in [0.15, 0.2) is 29.2 Å². The Morgan fingerprint density at radius 1 is 1.27 bits per heavy atom. The van der Waals surface area contributed by atoms with Crippen LogP contribution in [-0.4, -0.2) is 4.92 Å². The summed E-state index contributed by atoms with van der Waals surface area (Å²) in [5.41, 5.74) is 0.0952. The molecule has 52 valence electrons. The summed E-state index contributed by atoms with van der Waals surface area (Å²) in [6, 6.07) is 6.01. The van der Waals surface area contributed by atoms with Crippen LogP contribution in [0.3, 0.4) is 0 Å². The SMILES string of the molecule is O=[N+]([O-])c1ccc(S)cc1.[K+]. The van der Waals surface area contributed by atoms with Gasteiger partial charge in [-0.05, 0) is 12.1 Å². The molecule has 11 heavy (non-hydrogen) atoms. The zero-order valence-corrected chi connectivity index (χ0v) is 10.0. The van der Waals surface area contributed by atoms with E-state index >= 15 is 0 Å². The molecule has 1 aromatic carbocycles. The van der Waals surface area contributed by atoms with Crippen LogP contribution in [0.1, 0.15) is 0 Å². The Bertz CT molecular complexity index is 249. The first-order valence-electron chi connectivity index (χ1n) is 2.63. The predicted octanol–water partition coefficient (Wildman–Crippen LogP) is -1.11. The van der Waals surface area contributed by atoms with Gasteiger partial charge < -0.3 is 0 Å². The number of non-ortho nitro benzene ring substituents is 1. The van der Waals surface area contributed by atoms with Gasteiger partial charge in [-0.3, -0.25) is 10.1 Å². The van der Waals surface area contributed by atoms with Crippen molar-refractivity contribution in [2.24, 2.45) is 0 Å². The molecule has 0 spiro atoms. The van der Waals surface area contributed by atoms with E-state index in [2.05, 4.69) is 12.6 Å². The molecule has 0 radical (unpaired) electrons. The Morgan fingerprint density at radius 2 is 1.73 bits per heavy atom. The van der Waals surface area contributed by atoms with E-state index in [1.807, 2.05) is 0 Å². The van der Waals surface area contributed by atoms with E-state index in [1.165, 1.54) is 12.1 Å². The third kappa shape index (κ3) is 3.68. The quantitative estimate of drug-likeness (QED) is 0.266. The standard InChI is InChI=1S/C6H5NO2S.K/c8-7(9)5-1-3-6(10)4-2-5;/h1-4,10H;/q;+1. The van der Waals surface area contributed by atoms with E-state index in [0.29, 0.717) is 0 Å². The minimum atomic E-state index is -0.437. The normalized spacial score (nSPS) is 8.45. The molecular formula is C6H5KNO2S+. The Balaban J connectivity index is 0.000001000. The molecule has 0 unspecified atom stereocenters. The largest absolute Gasteiger partial charge is 1.00 e.